The lowest BCUT2D eigenvalue weighted by molar-refractivity contribution is -0.151. The van der Waals surface area contributed by atoms with Crippen molar-refractivity contribution in [3.8, 4) is 0 Å². The van der Waals surface area contributed by atoms with E-state index in [0.29, 0.717) is 19.3 Å². The maximum absolute atomic E-state index is 13.0. The van der Waals surface area contributed by atoms with Gasteiger partial charge in [0.2, 0.25) is 5.91 Å². The minimum Gasteiger partial charge on any atom is -0.462 e. The van der Waals surface area contributed by atoms with Crippen LogP contribution in [0.25, 0.3) is 0 Å². The van der Waals surface area contributed by atoms with Crippen LogP contribution in [0, 0.1) is 0 Å². The van der Waals surface area contributed by atoms with Crippen LogP contribution in [0.1, 0.15) is 213 Å². The molecule has 0 heterocycles. The maximum atomic E-state index is 13.0. The molecule has 278 valence electrons. The first-order chi connectivity index (χ1) is 23.0. The van der Waals surface area contributed by atoms with Gasteiger partial charge in [-0.2, -0.15) is 0 Å². The summed E-state index contributed by atoms with van der Waals surface area (Å²) >= 11 is 0. The Morgan fingerprint density at radius 1 is 0.596 bits per heavy atom. The Morgan fingerprint density at radius 3 is 1.60 bits per heavy atom. The standard InChI is InChI=1S/C41H79NO5/c1-4-7-10-13-16-19-20-22-25-28-31-34-41(46)47-37(32-29-26-23-18-15-12-9-6-3)35-40(45)42-38(36-43)39(44)33-30-27-24-21-17-14-11-8-5-2/h12,15,37-39,43-44H,4-11,13-14,16-36H2,1-3H3,(H,42,45)/b15-12-. The Bertz CT molecular complexity index is 712. The molecular weight excluding hydrogens is 586 g/mol. The molecule has 47 heavy (non-hydrogen) atoms. The van der Waals surface area contributed by atoms with Crippen molar-refractivity contribution < 1.29 is 24.5 Å². The average molecular weight is 666 g/mol. The molecule has 3 unspecified atom stereocenters. The number of hydrogen-bond donors (Lipinski definition) is 3. The van der Waals surface area contributed by atoms with E-state index in [1.165, 1.54) is 89.9 Å². The van der Waals surface area contributed by atoms with E-state index < -0.39 is 18.2 Å². The van der Waals surface area contributed by atoms with E-state index in [1.54, 1.807) is 0 Å². The Kier molecular flexibility index (Phi) is 34.8. The maximum Gasteiger partial charge on any atom is 0.306 e. The number of rotatable bonds is 36. The molecule has 3 N–H and O–H groups in total. The highest BCUT2D eigenvalue weighted by molar-refractivity contribution is 5.77. The van der Waals surface area contributed by atoms with Crippen LogP contribution >= 0.6 is 0 Å². The summed E-state index contributed by atoms with van der Waals surface area (Å²) in [6.45, 7) is 6.36. The zero-order chi connectivity index (χ0) is 34.6. The molecule has 6 heteroatoms. The third kappa shape index (κ3) is 31.6. The fourth-order valence-corrected chi connectivity index (χ4v) is 6.20. The van der Waals surface area contributed by atoms with Crippen molar-refractivity contribution in [3.63, 3.8) is 0 Å². The second-order valence-corrected chi connectivity index (χ2v) is 14.0. The summed E-state index contributed by atoms with van der Waals surface area (Å²) in [5.74, 6) is -0.490. The quantitative estimate of drug-likeness (QED) is 0.0352. The zero-order valence-electron chi connectivity index (χ0n) is 31.4. The number of allylic oxidation sites excluding steroid dienone is 2. The smallest absolute Gasteiger partial charge is 0.306 e. The number of esters is 1. The molecule has 0 aromatic heterocycles. The van der Waals surface area contributed by atoms with Gasteiger partial charge in [0.05, 0.1) is 25.2 Å². The third-order valence-electron chi connectivity index (χ3n) is 9.33. The molecule has 0 aliphatic rings. The van der Waals surface area contributed by atoms with Crippen LogP contribution in [0.5, 0.6) is 0 Å². The first kappa shape index (κ1) is 45.6. The predicted octanol–water partition coefficient (Wildman–Crippen LogP) is 11.1. The first-order valence-corrected chi connectivity index (χ1v) is 20.4. The number of carbonyl (C=O) groups is 2. The largest absolute Gasteiger partial charge is 0.462 e. The molecule has 3 atom stereocenters. The van der Waals surface area contributed by atoms with Gasteiger partial charge in [-0.3, -0.25) is 9.59 Å². The lowest BCUT2D eigenvalue weighted by atomic mass is 10.0. The van der Waals surface area contributed by atoms with Gasteiger partial charge >= 0.3 is 5.97 Å². The zero-order valence-corrected chi connectivity index (χ0v) is 31.4. The number of amides is 1. The van der Waals surface area contributed by atoms with Crippen molar-refractivity contribution in [1.82, 2.24) is 5.32 Å². The van der Waals surface area contributed by atoms with Gasteiger partial charge in [0.15, 0.2) is 0 Å². The number of aliphatic hydroxyl groups excluding tert-OH is 2. The Labute approximate surface area is 291 Å². The predicted molar refractivity (Wildman–Crippen MR) is 200 cm³/mol. The summed E-state index contributed by atoms with van der Waals surface area (Å²) in [5, 5.41) is 23.4. The number of hydrogen-bond acceptors (Lipinski definition) is 5. The van der Waals surface area contributed by atoms with Crippen LogP contribution in [-0.2, 0) is 14.3 Å². The summed E-state index contributed by atoms with van der Waals surface area (Å²) in [6, 6.07) is -0.695. The SMILES string of the molecule is CCC/C=C\CCCCCC(CC(=O)NC(CO)C(O)CCCCCCCCCCC)OC(=O)CCCCCCCCCCCCC. The van der Waals surface area contributed by atoms with Crippen molar-refractivity contribution in [2.24, 2.45) is 0 Å². The minimum absolute atomic E-state index is 0.0711. The van der Waals surface area contributed by atoms with Gasteiger partial charge in [-0.05, 0) is 44.9 Å². The lowest BCUT2D eigenvalue weighted by Gasteiger charge is -2.24. The van der Waals surface area contributed by atoms with Gasteiger partial charge in [0, 0.05) is 6.42 Å². The normalized spacial score (nSPS) is 13.6. The van der Waals surface area contributed by atoms with Gasteiger partial charge in [-0.25, -0.2) is 0 Å². The molecule has 0 fully saturated rings. The van der Waals surface area contributed by atoms with Crippen molar-refractivity contribution in [3.05, 3.63) is 12.2 Å². The van der Waals surface area contributed by atoms with Crippen LogP contribution in [0.4, 0.5) is 0 Å². The van der Waals surface area contributed by atoms with Crippen molar-refractivity contribution in [1.29, 1.82) is 0 Å². The first-order valence-electron chi connectivity index (χ1n) is 20.4. The van der Waals surface area contributed by atoms with Crippen molar-refractivity contribution in [2.75, 3.05) is 6.61 Å². The second kappa shape index (κ2) is 35.9. The Hall–Kier alpha value is -1.40. The number of ether oxygens (including phenoxy) is 1. The lowest BCUT2D eigenvalue weighted by Crippen LogP contribution is -2.46. The molecule has 0 aromatic rings. The molecule has 1 amide bonds. The Morgan fingerprint density at radius 2 is 1.06 bits per heavy atom. The molecule has 0 bridgehead atoms. The summed E-state index contributed by atoms with van der Waals surface area (Å²) < 4.78 is 5.84. The van der Waals surface area contributed by atoms with Crippen molar-refractivity contribution in [2.45, 2.75) is 232 Å². The van der Waals surface area contributed by atoms with Crippen molar-refractivity contribution >= 4 is 11.9 Å². The number of unbranched alkanes of at least 4 members (excludes halogenated alkanes) is 22. The highest BCUT2D eigenvalue weighted by atomic mass is 16.5. The molecule has 0 spiro atoms. The molecular formula is C41H79NO5. The van der Waals surface area contributed by atoms with Crippen LogP contribution in [0.15, 0.2) is 12.2 Å². The summed E-state index contributed by atoms with van der Waals surface area (Å²) in [5.41, 5.74) is 0. The Balaban J connectivity index is 4.55. The molecule has 0 aliphatic heterocycles. The van der Waals surface area contributed by atoms with Crippen LogP contribution in [-0.4, -0.2) is 46.9 Å². The van der Waals surface area contributed by atoms with Gasteiger partial charge < -0.3 is 20.3 Å². The highest BCUT2D eigenvalue weighted by Crippen LogP contribution is 2.17. The molecule has 0 aromatic carbocycles. The molecule has 0 saturated carbocycles. The summed E-state index contributed by atoms with van der Waals surface area (Å²) in [6.07, 6.45) is 35.7. The molecule has 0 saturated heterocycles. The highest BCUT2D eigenvalue weighted by Gasteiger charge is 2.24. The minimum atomic E-state index is -0.781. The van der Waals surface area contributed by atoms with E-state index in [0.717, 1.165) is 77.0 Å². The van der Waals surface area contributed by atoms with Crippen LogP contribution in [0.3, 0.4) is 0 Å². The molecule has 0 aliphatic carbocycles. The van der Waals surface area contributed by atoms with Crippen LogP contribution in [0.2, 0.25) is 0 Å². The fourth-order valence-electron chi connectivity index (χ4n) is 6.20. The monoisotopic (exact) mass is 666 g/mol. The number of carbonyl (C=O) groups excluding carboxylic acids is 2. The van der Waals surface area contributed by atoms with E-state index in [9.17, 15) is 19.8 Å². The summed E-state index contributed by atoms with van der Waals surface area (Å²) in [7, 11) is 0. The topological polar surface area (TPSA) is 95.9 Å². The van der Waals surface area contributed by atoms with Crippen LogP contribution < -0.4 is 5.32 Å². The van der Waals surface area contributed by atoms with E-state index in [-0.39, 0.29) is 24.9 Å². The van der Waals surface area contributed by atoms with Gasteiger partial charge in [0.25, 0.3) is 0 Å². The van der Waals surface area contributed by atoms with E-state index >= 15 is 0 Å². The van der Waals surface area contributed by atoms with Gasteiger partial charge in [-0.1, -0.05) is 168 Å². The summed E-state index contributed by atoms with van der Waals surface area (Å²) in [4.78, 5) is 25.7. The number of nitrogens with one attached hydrogen (secondary N) is 1. The average Bonchev–Trinajstić information content (AvgIpc) is 3.06. The fraction of sp³-hybridized carbons (Fsp3) is 0.902. The van der Waals surface area contributed by atoms with Gasteiger partial charge in [0.1, 0.15) is 6.10 Å². The van der Waals surface area contributed by atoms with E-state index in [4.69, 9.17) is 4.74 Å². The molecule has 0 rings (SSSR count). The van der Waals surface area contributed by atoms with Gasteiger partial charge in [-0.15, -0.1) is 0 Å². The van der Waals surface area contributed by atoms with E-state index in [1.807, 2.05) is 0 Å². The third-order valence-corrected chi connectivity index (χ3v) is 9.33. The second-order valence-electron chi connectivity index (χ2n) is 14.0. The molecule has 6 nitrogen and oxygen atoms in total. The molecule has 0 radical (unpaired) electrons. The van der Waals surface area contributed by atoms with E-state index in [2.05, 4.69) is 38.2 Å². The number of aliphatic hydroxyl groups is 2.